The molecule has 156 valence electrons. The molecule has 0 bridgehead atoms. The molecular formula is C30H36. The normalized spacial score (nSPS) is 13.2. The van der Waals surface area contributed by atoms with Crippen LogP contribution in [0.3, 0.4) is 0 Å². The molecule has 6 rings (SSSR count). The van der Waals surface area contributed by atoms with E-state index in [0.717, 1.165) is 0 Å². The Kier molecular flexibility index (Phi) is 8.08. The van der Waals surface area contributed by atoms with Crippen molar-refractivity contribution >= 4 is 21.5 Å². The van der Waals surface area contributed by atoms with Crippen LogP contribution in [0, 0.1) is 0 Å². The Balaban J connectivity index is 0.000000147. The van der Waals surface area contributed by atoms with Gasteiger partial charge < -0.3 is 0 Å². The average Bonchev–Trinajstić information content (AvgIpc) is 3.50. The second-order valence-electron chi connectivity index (χ2n) is 7.60. The highest BCUT2D eigenvalue weighted by Crippen LogP contribution is 2.29. The molecular weight excluding hydrogens is 360 g/mol. The van der Waals surface area contributed by atoms with Gasteiger partial charge >= 0.3 is 0 Å². The van der Waals surface area contributed by atoms with E-state index in [9.17, 15) is 0 Å². The van der Waals surface area contributed by atoms with Crippen LogP contribution in [-0.4, -0.2) is 0 Å². The van der Waals surface area contributed by atoms with Gasteiger partial charge in [0.15, 0.2) is 0 Å². The average molecular weight is 397 g/mol. The smallest absolute Gasteiger partial charge is 0.0149 e. The highest BCUT2D eigenvalue weighted by Gasteiger charge is 2.12. The summed E-state index contributed by atoms with van der Waals surface area (Å²) in [6.07, 6.45) is 7.78. The van der Waals surface area contributed by atoms with Gasteiger partial charge in [-0.1, -0.05) is 100 Å². The number of benzene rings is 4. The third-order valence-electron chi connectivity index (χ3n) is 5.97. The summed E-state index contributed by atoms with van der Waals surface area (Å²) in [6, 6.07) is 26.6. The van der Waals surface area contributed by atoms with E-state index in [4.69, 9.17) is 0 Å². The summed E-state index contributed by atoms with van der Waals surface area (Å²) in [4.78, 5) is 0. The quantitative estimate of drug-likeness (QED) is 0.279. The van der Waals surface area contributed by atoms with Gasteiger partial charge in [0.1, 0.15) is 0 Å². The number of hydrogen-bond donors (Lipinski definition) is 0. The first kappa shape index (κ1) is 22.1. The van der Waals surface area contributed by atoms with Crippen molar-refractivity contribution in [1.29, 1.82) is 0 Å². The Bertz CT molecular complexity index is 1040. The number of fused-ring (bicyclic) bond motifs is 5. The Hall–Kier alpha value is -2.60. The monoisotopic (exact) mass is 396 g/mol. The molecule has 0 unspecified atom stereocenters. The Labute approximate surface area is 183 Å². The summed E-state index contributed by atoms with van der Waals surface area (Å²) in [5, 5.41) is 5.65. The lowest BCUT2D eigenvalue weighted by Crippen LogP contribution is -1.83. The van der Waals surface area contributed by atoms with Gasteiger partial charge in [-0.3, -0.25) is 0 Å². The van der Waals surface area contributed by atoms with Gasteiger partial charge in [-0.25, -0.2) is 0 Å². The predicted molar refractivity (Wildman–Crippen MR) is 135 cm³/mol. The van der Waals surface area contributed by atoms with Gasteiger partial charge in [-0.2, -0.15) is 0 Å². The minimum Gasteiger partial charge on any atom is -0.0683 e. The van der Waals surface area contributed by atoms with E-state index < -0.39 is 0 Å². The summed E-state index contributed by atoms with van der Waals surface area (Å²) >= 11 is 0. The van der Waals surface area contributed by atoms with Gasteiger partial charge in [0, 0.05) is 0 Å². The Morgan fingerprint density at radius 3 is 1.60 bits per heavy atom. The van der Waals surface area contributed by atoms with Crippen molar-refractivity contribution in [3.8, 4) is 0 Å². The molecule has 0 radical (unpaired) electrons. The summed E-state index contributed by atoms with van der Waals surface area (Å²) in [6.45, 7) is 8.00. The maximum absolute atomic E-state index is 2.36. The fraction of sp³-hybridized carbons (Fsp3) is 0.333. The van der Waals surface area contributed by atoms with Crippen LogP contribution in [0.2, 0.25) is 0 Å². The van der Waals surface area contributed by atoms with Crippen molar-refractivity contribution in [1.82, 2.24) is 0 Å². The van der Waals surface area contributed by atoms with Gasteiger partial charge in [0.2, 0.25) is 0 Å². The molecule has 4 aromatic rings. The topological polar surface area (TPSA) is 0 Å². The zero-order chi connectivity index (χ0) is 21.3. The molecule has 0 amide bonds. The van der Waals surface area contributed by atoms with Crippen LogP contribution >= 0.6 is 0 Å². The third-order valence-corrected chi connectivity index (χ3v) is 5.97. The van der Waals surface area contributed by atoms with E-state index >= 15 is 0 Å². The maximum Gasteiger partial charge on any atom is -0.0149 e. The summed E-state index contributed by atoms with van der Waals surface area (Å²) in [5.74, 6) is 0. The standard InChI is InChI=1S/2C13H12.2C2H6/c1-2-6-12-10(4-1)8-9-11-5-3-7-13(11)12;1-2-5-11-9-13-7-3-6-12(13)8-10(11)4-1;2*1-2/h1-2,4,6,8-9H,3,5,7H2;1-2,4-5,8-9H,3,6-7H2;2*1-2H3. The van der Waals surface area contributed by atoms with Crippen molar-refractivity contribution in [2.24, 2.45) is 0 Å². The maximum atomic E-state index is 2.36. The molecule has 0 aliphatic heterocycles. The summed E-state index contributed by atoms with van der Waals surface area (Å²) < 4.78 is 0. The first-order chi connectivity index (χ1) is 14.9. The number of rotatable bonds is 0. The van der Waals surface area contributed by atoms with Crippen molar-refractivity contribution in [2.75, 3.05) is 0 Å². The lowest BCUT2D eigenvalue weighted by Gasteiger charge is -2.03. The van der Waals surface area contributed by atoms with E-state index in [0.29, 0.717) is 0 Å². The Morgan fingerprint density at radius 1 is 0.467 bits per heavy atom. The lowest BCUT2D eigenvalue weighted by atomic mass is 10.0. The minimum atomic E-state index is 1.27. The predicted octanol–water partition coefficient (Wildman–Crippen LogP) is 8.71. The molecule has 0 fully saturated rings. The van der Waals surface area contributed by atoms with Crippen molar-refractivity contribution in [3.05, 3.63) is 95.1 Å². The molecule has 0 nitrogen and oxygen atoms in total. The molecule has 0 heteroatoms. The second-order valence-corrected chi connectivity index (χ2v) is 7.60. The fourth-order valence-electron chi connectivity index (χ4n) is 4.64. The van der Waals surface area contributed by atoms with Crippen LogP contribution in [-0.2, 0) is 25.7 Å². The zero-order valence-electron chi connectivity index (χ0n) is 19.2. The van der Waals surface area contributed by atoms with Crippen LogP contribution < -0.4 is 0 Å². The van der Waals surface area contributed by atoms with Crippen LogP contribution in [0.15, 0.2) is 72.8 Å². The van der Waals surface area contributed by atoms with Crippen LogP contribution in [0.4, 0.5) is 0 Å². The van der Waals surface area contributed by atoms with Gasteiger partial charge in [-0.15, -0.1) is 0 Å². The molecule has 4 aromatic carbocycles. The van der Waals surface area contributed by atoms with Gasteiger partial charge in [0.25, 0.3) is 0 Å². The fourth-order valence-corrected chi connectivity index (χ4v) is 4.64. The Morgan fingerprint density at radius 2 is 0.967 bits per heavy atom. The molecule has 0 heterocycles. The highest BCUT2D eigenvalue weighted by molar-refractivity contribution is 5.87. The lowest BCUT2D eigenvalue weighted by molar-refractivity contribution is 0.912. The highest BCUT2D eigenvalue weighted by atomic mass is 14.2. The van der Waals surface area contributed by atoms with Crippen molar-refractivity contribution in [3.63, 3.8) is 0 Å². The third kappa shape index (κ3) is 4.75. The van der Waals surface area contributed by atoms with E-state index in [1.54, 1.807) is 22.3 Å². The molecule has 30 heavy (non-hydrogen) atoms. The summed E-state index contributed by atoms with van der Waals surface area (Å²) in [7, 11) is 0. The number of hydrogen-bond acceptors (Lipinski definition) is 0. The van der Waals surface area contributed by atoms with Crippen LogP contribution in [0.25, 0.3) is 21.5 Å². The van der Waals surface area contributed by atoms with E-state index in [2.05, 4.69) is 72.8 Å². The molecule has 0 saturated heterocycles. The van der Waals surface area contributed by atoms with Crippen LogP contribution in [0.1, 0.15) is 62.8 Å². The molecule has 0 aromatic heterocycles. The van der Waals surface area contributed by atoms with E-state index in [-0.39, 0.29) is 0 Å². The summed E-state index contributed by atoms with van der Waals surface area (Å²) in [5.41, 5.74) is 6.30. The first-order valence-electron chi connectivity index (χ1n) is 11.9. The van der Waals surface area contributed by atoms with Gasteiger partial charge in [-0.05, 0) is 82.3 Å². The largest absolute Gasteiger partial charge is 0.0683 e. The zero-order valence-corrected chi connectivity index (χ0v) is 19.2. The second kappa shape index (κ2) is 11.0. The van der Waals surface area contributed by atoms with E-state index in [1.807, 2.05) is 27.7 Å². The van der Waals surface area contributed by atoms with E-state index in [1.165, 1.54) is 60.1 Å². The SMILES string of the molecule is CC.CC.c1ccc2c3c(ccc2c1)CCC3.c1ccc2cc3c(cc2c1)CCC3. The molecule has 0 atom stereocenters. The van der Waals surface area contributed by atoms with Gasteiger partial charge in [0.05, 0.1) is 0 Å². The minimum absolute atomic E-state index is 1.27. The van der Waals surface area contributed by atoms with Crippen LogP contribution in [0.5, 0.6) is 0 Å². The van der Waals surface area contributed by atoms with Crippen molar-refractivity contribution in [2.45, 2.75) is 66.2 Å². The number of aryl methyl sites for hydroxylation is 4. The molecule has 0 spiro atoms. The first-order valence-corrected chi connectivity index (χ1v) is 11.9. The molecule has 2 aliphatic rings. The molecule has 0 N–H and O–H groups in total. The van der Waals surface area contributed by atoms with Crippen molar-refractivity contribution < 1.29 is 0 Å². The molecule has 0 saturated carbocycles. The molecule has 2 aliphatic carbocycles.